The van der Waals surface area contributed by atoms with Gasteiger partial charge in [0, 0.05) is 27.9 Å². The number of methoxy groups -OCH3 is 3. The molecule has 0 amide bonds. The predicted molar refractivity (Wildman–Crippen MR) is 130 cm³/mol. The van der Waals surface area contributed by atoms with E-state index in [2.05, 4.69) is 55.4 Å². The Hall–Kier alpha value is -0.120. The van der Waals surface area contributed by atoms with Crippen LogP contribution in [-0.4, -0.2) is 39.6 Å². The minimum atomic E-state index is -0.0208. The molecule has 0 saturated carbocycles. The van der Waals surface area contributed by atoms with Crippen LogP contribution in [0.2, 0.25) is 0 Å². The van der Waals surface area contributed by atoms with E-state index < -0.39 is 0 Å². The first-order valence-corrected chi connectivity index (χ1v) is 7.60. The average Bonchev–Trinajstić information content (AvgIpc) is 2.38. The van der Waals surface area contributed by atoms with Crippen molar-refractivity contribution in [1.82, 2.24) is 0 Å². The van der Waals surface area contributed by atoms with Gasteiger partial charge in [0.15, 0.2) is 0 Å². The molecule has 3 nitrogen and oxygen atoms in total. The zero-order chi connectivity index (χ0) is 16.8. The normalized spacial score (nSPS) is 9.81. The Morgan fingerprint density at radius 1 is 0.731 bits per heavy atom. The first kappa shape index (κ1) is 56.2. The number of rotatable bonds is 5. The molecule has 0 saturated heterocycles. The van der Waals surface area contributed by atoms with Crippen LogP contribution in [0.15, 0.2) is 0 Å². The molecule has 0 aromatic rings. The predicted octanol–water partition coefficient (Wildman–Crippen LogP) is 8.75. The van der Waals surface area contributed by atoms with E-state index >= 15 is 0 Å². The van der Waals surface area contributed by atoms with Gasteiger partial charge in [0.1, 0.15) is 0 Å². The summed E-state index contributed by atoms with van der Waals surface area (Å²) in [5, 5.41) is 0. The second-order valence-electron chi connectivity index (χ2n) is 6.41. The lowest BCUT2D eigenvalue weighted by Crippen LogP contribution is -2.38. The van der Waals surface area contributed by atoms with E-state index in [4.69, 9.17) is 14.2 Å². The van der Waals surface area contributed by atoms with Gasteiger partial charge in [0.25, 0.3) is 0 Å². The van der Waals surface area contributed by atoms with Crippen molar-refractivity contribution in [2.24, 2.45) is 5.41 Å². The standard InChI is InChI=1S/C8H18O.C5H12O.C4H10O.6CH4/c1-7(2,3)8(4,5)9-6;1-4-5(2)6-3;1-3-4-5-2;;;;;;/h1-6H3;5H,4H2,1-3H3;3-4H2,1-2H3;6*1H4. The van der Waals surface area contributed by atoms with Crippen molar-refractivity contribution in [2.75, 3.05) is 27.9 Å². The summed E-state index contributed by atoms with van der Waals surface area (Å²) in [7, 11) is 5.20. The van der Waals surface area contributed by atoms with Crippen molar-refractivity contribution in [3.8, 4) is 0 Å². The molecule has 0 aliphatic carbocycles. The molecule has 1 unspecified atom stereocenters. The Morgan fingerprint density at radius 3 is 1.08 bits per heavy atom. The highest BCUT2D eigenvalue weighted by Crippen LogP contribution is 2.31. The molecule has 0 bridgehead atoms. The van der Waals surface area contributed by atoms with Gasteiger partial charge in [-0.05, 0) is 39.0 Å². The quantitative estimate of drug-likeness (QED) is 0.471. The number of hydrogen-bond donors (Lipinski definition) is 0. The fraction of sp³-hybridized carbons (Fsp3) is 1.00. The summed E-state index contributed by atoms with van der Waals surface area (Å²) in [6.07, 6.45) is 2.66. The van der Waals surface area contributed by atoms with Crippen LogP contribution in [0, 0.1) is 5.41 Å². The highest BCUT2D eigenvalue weighted by Gasteiger charge is 2.32. The molecule has 0 aliphatic rings. The number of ether oxygens (including phenoxy) is 3. The van der Waals surface area contributed by atoms with Crippen LogP contribution >= 0.6 is 0 Å². The minimum Gasteiger partial charge on any atom is -0.385 e. The summed E-state index contributed by atoms with van der Waals surface area (Å²) >= 11 is 0. The zero-order valence-electron chi connectivity index (χ0n) is 15.9. The summed E-state index contributed by atoms with van der Waals surface area (Å²) in [5.41, 5.74) is 0.203. The van der Waals surface area contributed by atoms with Gasteiger partial charge in [0.2, 0.25) is 0 Å². The molecule has 3 heteroatoms. The van der Waals surface area contributed by atoms with Gasteiger partial charge >= 0.3 is 0 Å². The highest BCUT2D eigenvalue weighted by molar-refractivity contribution is 4.82. The van der Waals surface area contributed by atoms with Gasteiger partial charge in [-0.25, -0.2) is 0 Å². The van der Waals surface area contributed by atoms with Gasteiger partial charge in [-0.1, -0.05) is 79.2 Å². The van der Waals surface area contributed by atoms with Crippen LogP contribution in [0.4, 0.5) is 0 Å². The molecule has 0 fully saturated rings. The van der Waals surface area contributed by atoms with Crippen LogP contribution in [0.1, 0.15) is 113 Å². The number of hydrogen-bond acceptors (Lipinski definition) is 3. The first-order valence-electron chi connectivity index (χ1n) is 7.60. The SMILES string of the molecule is C.C.C.C.C.C.CCC(C)OC.CCCOC.COC(C)(C)C(C)(C)C. The minimum absolute atomic E-state index is 0. The zero-order valence-corrected chi connectivity index (χ0v) is 15.9. The molecular weight excluding hydrogens is 324 g/mol. The summed E-state index contributed by atoms with van der Waals surface area (Å²) in [5.74, 6) is 0. The Kier molecular flexibility index (Phi) is 70.4. The molecule has 0 aliphatic heterocycles. The van der Waals surface area contributed by atoms with Gasteiger partial charge in [-0.15, -0.1) is 0 Å². The van der Waals surface area contributed by atoms with E-state index in [1.807, 2.05) is 0 Å². The summed E-state index contributed by atoms with van der Waals surface area (Å²) in [6, 6.07) is 0. The summed E-state index contributed by atoms with van der Waals surface area (Å²) in [4.78, 5) is 0. The lowest BCUT2D eigenvalue weighted by molar-refractivity contribution is -0.0620. The molecular formula is C23H64O3. The fourth-order valence-corrected chi connectivity index (χ4v) is 0.677. The van der Waals surface area contributed by atoms with Crippen molar-refractivity contribution in [3.63, 3.8) is 0 Å². The van der Waals surface area contributed by atoms with E-state index in [0.717, 1.165) is 19.4 Å². The lowest BCUT2D eigenvalue weighted by atomic mass is 9.79. The molecule has 0 spiro atoms. The third-order valence-corrected chi connectivity index (χ3v) is 3.70. The molecule has 0 heterocycles. The van der Waals surface area contributed by atoms with E-state index in [1.165, 1.54) is 0 Å². The summed E-state index contributed by atoms with van der Waals surface area (Å²) in [6.45, 7) is 17.9. The molecule has 0 aromatic carbocycles. The van der Waals surface area contributed by atoms with Gasteiger partial charge < -0.3 is 14.2 Å². The highest BCUT2D eigenvalue weighted by atomic mass is 16.5. The van der Waals surface area contributed by atoms with Crippen LogP contribution in [0.5, 0.6) is 0 Å². The monoisotopic (exact) mass is 388 g/mol. The van der Waals surface area contributed by atoms with E-state index in [9.17, 15) is 0 Å². The maximum Gasteiger partial charge on any atom is 0.0670 e. The van der Waals surface area contributed by atoms with Gasteiger partial charge in [0.05, 0.1) is 11.7 Å². The van der Waals surface area contributed by atoms with E-state index in [0.29, 0.717) is 6.10 Å². The second-order valence-corrected chi connectivity index (χ2v) is 6.41. The average molecular weight is 389 g/mol. The van der Waals surface area contributed by atoms with Crippen LogP contribution in [0.3, 0.4) is 0 Å². The molecule has 1 atom stereocenters. The molecule has 0 rings (SSSR count). The topological polar surface area (TPSA) is 27.7 Å². The molecule has 174 valence electrons. The Labute approximate surface area is 172 Å². The second kappa shape index (κ2) is 32.5. The maximum atomic E-state index is 5.30. The van der Waals surface area contributed by atoms with E-state index in [1.54, 1.807) is 21.3 Å². The fourth-order valence-electron chi connectivity index (χ4n) is 0.677. The van der Waals surface area contributed by atoms with Crippen LogP contribution in [-0.2, 0) is 14.2 Å². The van der Waals surface area contributed by atoms with Crippen molar-refractivity contribution in [3.05, 3.63) is 0 Å². The lowest BCUT2D eigenvalue weighted by Gasteiger charge is -2.37. The van der Waals surface area contributed by atoms with E-state index in [-0.39, 0.29) is 55.6 Å². The Morgan fingerprint density at radius 2 is 1.08 bits per heavy atom. The van der Waals surface area contributed by atoms with Crippen molar-refractivity contribution < 1.29 is 14.2 Å². The third kappa shape index (κ3) is 39.1. The molecule has 26 heavy (non-hydrogen) atoms. The van der Waals surface area contributed by atoms with Gasteiger partial charge in [-0.2, -0.15) is 0 Å². The van der Waals surface area contributed by atoms with Crippen molar-refractivity contribution in [1.29, 1.82) is 0 Å². The molecule has 0 radical (unpaired) electrons. The van der Waals surface area contributed by atoms with Crippen molar-refractivity contribution >= 4 is 0 Å². The first-order chi connectivity index (χ1) is 9.03. The van der Waals surface area contributed by atoms with Crippen LogP contribution < -0.4 is 0 Å². The smallest absolute Gasteiger partial charge is 0.0670 e. The van der Waals surface area contributed by atoms with Gasteiger partial charge in [-0.3, -0.25) is 0 Å². The van der Waals surface area contributed by atoms with Crippen LogP contribution in [0.25, 0.3) is 0 Å². The molecule has 0 N–H and O–H groups in total. The largest absolute Gasteiger partial charge is 0.385 e. The summed E-state index contributed by atoms with van der Waals surface area (Å²) < 4.78 is 14.9. The Bertz CT molecular complexity index is 178. The van der Waals surface area contributed by atoms with Crippen molar-refractivity contribution in [2.45, 2.75) is 124 Å². The maximum absolute atomic E-state index is 5.30. The Balaban J connectivity index is -0.0000000221. The molecule has 0 aromatic heterocycles. The third-order valence-electron chi connectivity index (χ3n) is 3.70.